The lowest BCUT2D eigenvalue weighted by atomic mass is 9.84. The Balaban J connectivity index is 1.90. The summed E-state index contributed by atoms with van der Waals surface area (Å²) in [6.45, 7) is 5.07. The molecule has 3 nitrogen and oxygen atoms in total. The molecule has 0 bridgehead atoms. The van der Waals surface area contributed by atoms with Crippen LogP contribution in [-0.4, -0.2) is 30.4 Å². The minimum absolute atomic E-state index is 0.351. The van der Waals surface area contributed by atoms with Crippen LogP contribution >= 0.6 is 0 Å². The van der Waals surface area contributed by atoms with Crippen LogP contribution in [0, 0.1) is 0 Å². The van der Waals surface area contributed by atoms with E-state index in [-0.39, 0.29) is 0 Å². The fourth-order valence-corrected chi connectivity index (χ4v) is 2.98. The predicted molar refractivity (Wildman–Crippen MR) is 86.9 cm³/mol. The Morgan fingerprint density at radius 2 is 1.90 bits per heavy atom. The molecule has 21 heavy (non-hydrogen) atoms. The van der Waals surface area contributed by atoms with Gasteiger partial charge in [-0.25, -0.2) is 0 Å². The molecule has 1 atom stereocenters. The Bertz CT molecular complexity index is 413. The molecule has 2 N–H and O–H groups in total. The molecule has 118 valence electrons. The highest BCUT2D eigenvalue weighted by Crippen LogP contribution is 2.37. The first kappa shape index (κ1) is 16.3. The van der Waals surface area contributed by atoms with Crippen LogP contribution in [0.15, 0.2) is 24.3 Å². The minimum Gasteiger partial charge on any atom is -0.491 e. The molecule has 0 aromatic heterocycles. The van der Waals surface area contributed by atoms with Gasteiger partial charge in [-0.1, -0.05) is 51.3 Å². The van der Waals surface area contributed by atoms with Crippen molar-refractivity contribution >= 4 is 0 Å². The summed E-state index contributed by atoms with van der Waals surface area (Å²) in [6.07, 6.45) is 6.06. The molecular weight excluding hydrogens is 262 g/mol. The molecular formula is C18H29NO2. The molecule has 1 unspecified atom stereocenters. The Kier molecular flexibility index (Phi) is 6.52. The summed E-state index contributed by atoms with van der Waals surface area (Å²) in [5, 5.41) is 13.2. The highest BCUT2D eigenvalue weighted by Gasteiger charge is 2.19. The van der Waals surface area contributed by atoms with Crippen LogP contribution in [0.4, 0.5) is 0 Å². The number of hydrogen-bond acceptors (Lipinski definition) is 3. The molecule has 1 fully saturated rings. The average Bonchev–Trinajstić information content (AvgIpc) is 2.52. The van der Waals surface area contributed by atoms with Gasteiger partial charge in [0.25, 0.3) is 0 Å². The summed E-state index contributed by atoms with van der Waals surface area (Å²) in [7, 11) is 0. The van der Waals surface area contributed by atoms with Crippen molar-refractivity contribution in [3.05, 3.63) is 29.8 Å². The van der Waals surface area contributed by atoms with E-state index < -0.39 is 6.10 Å². The van der Waals surface area contributed by atoms with E-state index in [1.165, 1.54) is 37.7 Å². The summed E-state index contributed by atoms with van der Waals surface area (Å²) in [5.74, 6) is 1.58. The van der Waals surface area contributed by atoms with Gasteiger partial charge < -0.3 is 15.2 Å². The number of para-hydroxylation sites is 1. The molecule has 0 radical (unpaired) electrons. The van der Waals surface area contributed by atoms with Gasteiger partial charge in [0, 0.05) is 12.6 Å². The Hall–Kier alpha value is -1.06. The Labute approximate surface area is 128 Å². The number of aliphatic hydroxyl groups is 1. The molecule has 0 aliphatic heterocycles. The van der Waals surface area contributed by atoms with Crippen molar-refractivity contribution in [1.29, 1.82) is 0 Å². The van der Waals surface area contributed by atoms with Gasteiger partial charge in [0.05, 0.1) is 0 Å². The van der Waals surface area contributed by atoms with Crippen molar-refractivity contribution in [3.63, 3.8) is 0 Å². The maximum atomic E-state index is 9.97. The highest BCUT2D eigenvalue weighted by molar-refractivity contribution is 5.36. The molecule has 0 heterocycles. The van der Waals surface area contributed by atoms with Crippen LogP contribution in [0.1, 0.15) is 57.4 Å². The van der Waals surface area contributed by atoms with Gasteiger partial charge in [-0.15, -0.1) is 0 Å². The standard InChI is InChI=1S/C18H29NO2/c1-14(2)19-12-16(20)13-21-18-11-7-6-10-17(18)15-8-4-3-5-9-15/h6-7,10-11,14-16,19-20H,3-5,8-9,12-13H2,1-2H3. The van der Waals surface area contributed by atoms with Gasteiger partial charge in [-0.3, -0.25) is 0 Å². The first-order chi connectivity index (χ1) is 10.2. The Morgan fingerprint density at radius 1 is 1.19 bits per heavy atom. The summed E-state index contributed by atoms with van der Waals surface area (Å²) < 4.78 is 5.89. The molecule has 3 heteroatoms. The highest BCUT2D eigenvalue weighted by atomic mass is 16.5. The van der Waals surface area contributed by atoms with E-state index in [2.05, 4.69) is 31.3 Å². The van der Waals surface area contributed by atoms with E-state index in [1.54, 1.807) is 0 Å². The van der Waals surface area contributed by atoms with Gasteiger partial charge in [-0.05, 0) is 30.4 Å². The smallest absolute Gasteiger partial charge is 0.122 e. The predicted octanol–water partition coefficient (Wildman–Crippen LogP) is 3.47. The molecule has 1 aromatic rings. The summed E-state index contributed by atoms with van der Waals surface area (Å²) >= 11 is 0. The molecule has 0 spiro atoms. The van der Waals surface area contributed by atoms with Crippen molar-refractivity contribution < 1.29 is 9.84 Å². The third-order valence-electron chi connectivity index (χ3n) is 4.16. The van der Waals surface area contributed by atoms with Crippen LogP contribution in [0.2, 0.25) is 0 Å². The van der Waals surface area contributed by atoms with E-state index in [1.807, 2.05) is 12.1 Å². The summed E-state index contributed by atoms with van der Waals surface area (Å²) in [5.41, 5.74) is 1.32. The van der Waals surface area contributed by atoms with Gasteiger partial charge >= 0.3 is 0 Å². The van der Waals surface area contributed by atoms with Crippen LogP contribution in [0.3, 0.4) is 0 Å². The quantitative estimate of drug-likeness (QED) is 0.808. The number of benzene rings is 1. The molecule has 1 aromatic carbocycles. The normalized spacial score (nSPS) is 17.9. The van der Waals surface area contributed by atoms with E-state index in [4.69, 9.17) is 4.74 Å². The molecule has 1 aliphatic rings. The van der Waals surface area contributed by atoms with E-state index >= 15 is 0 Å². The summed E-state index contributed by atoms with van der Waals surface area (Å²) in [4.78, 5) is 0. The second-order valence-electron chi connectivity index (χ2n) is 6.40. The monoisotopic (exact) mass is 291 g/mol. The fraction of sp³-hybridized carbons (Fsp3) is 0.667. The first-order valence-electron chi connectivity index (χ1n) is 8.30. The van der Waals surface area contributed by atoms with Crippen molar-refractivity contribution in [2.24, 2.45) is 0 Å². The molecule has 1 aliphatic carbocycles. The number of aliphatic hydroxyl groups excluding tert-OH is 1. The maximum absolute atomic E-state index is 9.97. The van der Waals surface area contributed by atoms with E-state index in [0.717, 1.165) is 5.75 Å². The molecule has 0 amide bonds. The first-order valence-corrected chi connectivity index (χ1v) is 8.30. The molecule has 1 saturated carbocycles. The molecule has 2 rings (SSSR count). The Morgan fingerprint density at radius 3 is 2.62 bits per heavy atom. The summed E-state index contributed by atoms with van der Waals surface area (Å²) in [6, 6.07) is 8.71. The number of rotatable bonds is 7. The van der Waals surface area contributed by atoms with Gasteiger partial charge in [-0.2, -0.15) is 0 Å². The SMILES string of the molecule is CC(C)NCC(O)COc1ccccc1C1CCCCC1. The van der Waals surface area contributed by atoms with Crippen LogP contribution in [0.25, 0.3) is 0 Å². The van der Waals surface area contributed by atoms with Crippen molar-refractivity contribution in [1.82, 2.24) is 5.32 Å². The van der Waals surface area contributed by atoms with Crippen LogP contribution in [0.5, 0.6) is 5.75 Å². The molecule has 0 saturated heterocycles. The lowest BCUT2D eigenvalue weighted by Gasteiger charge is -2.24. The van der Waals surface area contributed by atoms with Crippen molar-refractivity contribution in [3.8, 4) is 5.75 Å². The third kappa shape index (κ3) is 5.33. The van der Waals surface area contributed by atoms with Gasteiger partial charge in [0.1, 0.15) is 18.5 Å². The zero-order valence-electron chi connectivity index (χ0n) is 13.3. The number of hydrogen-bond donors (Lipinski definition) is 2. The largest absolute Gasteiger partial charge is 0.491 e. The van der Waals surface area contributed by atoms with Crippen molar-refractivity contribution in [2.45, 2.75) is 64.0 Å². The third-order valence-corrected chi connectivity index (χ3v) is 4.16. The lowest BCUT2D eigenvalue weighted by Crippen LogP contribution is -2.35. The minimum atomic E-state index is -0.466. The lowest BCUT2D eigenvalue weighted by molar-refractivity contribution is 0.104. The second kappa shape index (κ2) is 8.40. The fourth-order valence-electron chi connectivity index (χ4n) is 2.98. The number of ether oxygens (including phenoxy) is 1. The number of nitrogens with one attached hydrogen (secondary N) is 1. The van der Waals surface area contributed by atoms with Crippen LogP contribution in [-0.2, 0) is 0 Å². The van der Waals surface area contributed by atoms with Crippen molar-refractivity contribution in [2.75, 3.05) is 13.2 Å². The topological polar surface area (TPSA) is 41.5 Å². The zero-order valence-corrected chi connectivity index (χ0v) is 13.3. The van der Waals surface area contributed by atoms with E-state index in [0.29, 0.717) is 25.1 Å². The van der Waals surface area contributed by atoms with Gasteiger partial charge in [0.15, 0.2) is 0 Å². The second-order valence-corrected chi connectivity index (χ2v) is 6.40. The van der Waals surface area contributed by atoms with Crippen LogP contribution < -0.4 is 10.1 Å². The van der Waals surface area contributed by atoms with E-state index in [9.17, 15) is 5.11 Å². The zero-order chi connectivity index (χ0) is 15.1. The average molecular weight is 291 g/mol. The maximum Gasteiger partial charge on any atom is 0.122 e. The van der Waals surface area contributed by atoms with Gasteiger partial charge in [0.2, 0.25) is 0 Å².